The van der Waals surface area contributed by atoms with E-state index >= 15 is 0 Å². The summed E-state index contributed by atoms with van der Waals surface area (Å²) in [6.07, 6.45) is -0.241. The highest BCUT2D eigenvalue weighted by molar-refractivity contribution is 5.79. The molecule has 2 aromatic heterocycles. The summed E-state index contributed by atoms with van der Waals surface area (Å²) >= 11 is 0. The highest BCUT2D eigenvalue weighted by Crippen LogP contribution is 2.53. The lowest BCUT2D eigenvalue weighted by Crippen LogP contribution is -2.13. The third-order valence-corrected chi connectivity index (χ3v) is 4.57. The van der Waals surface area contributed by atoms with Crippen LogP contribution in [0, 0.1) is 0 Å². The van der Waals surface area contributed by atoms with Crippen LogP contribution in [0.2, 0.25) is 0 Å². The van der Waals surface area contributed by atoms with Gasteiger partial charge in [0.1, 0.15) is 12.0 Å². The Kier molecular flexibility index (Phi) is 3.48. The second-order valence-corrected chi connectivity index (χ2v) is 6.09. The lowest BCUT2D eigenvalue weighted by Gasteiger charge is -2.13. The van der Waals surface area contributed by atoms with E-state index in [1.807, 2.05) is 12.1 Å². The van der Waals surface area contributed by atoms with Gasteiger partial charge in [-0.3, -0.25) is 9.48 Å². The Morgan fingerprint density at radius 1 is 1.32 bits per heavy atom. The number of halogens is 2. The Morgan fingerprint density at radius 3 is 2.72 bits per heavy atom. The highest BCUT2D eigenvalue weighted by Gasteiger charge is 2.51. The molecular weight excluding hydrogens is 330 g/mol. The number of benzene rings is 1. The van der Waals surface area contributed by atoms with Gasteiger partial charge < -0.3 is 4.52 Å². The van der Waals surface area contributed by atoms with Crippen molar-refractivity contribution >= 4 is 6.29 Å². The van der Waals surface area contributed by atoms with E-state index in [1.54, 1.807) is 12.1 Å². The van der Waals surface area contributed by atoms with E-state index in [9.17, 15) is 13.6 Å². The van der Waals surface area contributed by atoms with Crippen LogP contribution in [0.25, 0.3) is 11.6 Å². The summed E-state index contributed by atoms with van der Waals surface area (Å²) in [6, 6.07) is 8.52. The van der Waals surface area contributed by atoms with E-state index in [0.717, 1.165) is 29.4 Å². The summed E-state index contributed by atoms with van der Waals surface area (Å²) in [5.41, 5.74) is 0.966. The number of aldehydes is 1. The molecule has 0 spiro atoms. The molecular formula is C17H14F2N4O2. The van der Waals surface area contributed by atoms with Gasteiger partial charge in [-0.2, -0.15) is 10.1 Å². The fourth-order valence-electron chi connectivity index (χ4n) is 3.09. The van der Waals surface area contributed by atoms with Crippen molar-refractivity contribution in [2.45, 2.75) is 24.7 Å². The number of carbonyl (C=O) groups is 1. The third-order valence-electron chi connectivity index (χ3n) is 4.57. The monoisotopic (exact) mass is 344 g/mol. The lowest BCUT2D eigenvalue weighted by molar-refractivity contribution is 0.112. The Morgan fingerprint density at radius 2 is 2.08 bits per heavy atom. The van der Waals surface area contributed by atoms with E-state index < -0.39 is 11.8 Å². The topological polar surface area (TPSA) is 73.8 Å². The predicted octanol–water partition coefficient (Wildman–Crippen LogP) is 3.30. The maximum absolute atomic E-state index is 12.9. The minimum absolute atomic E-state index is 0.0901. The average molecular weight is 344 g/mol. The summed E-state index contributed by atoms with van der Waals surface area (Å²) in [5.74, 6) is 0.536. The highest BCUT2D eigenvalue weighted by atomic mass is 19.3. The van der Waals surface area contributed by atoms with Crippen molar-refractivity contribution in [1.82, 2.24) is 19.9 Å². The van der Waals surface area contributed by atoms with Gasteiger partial charge >= 0.3 is 0 Å². The summed E-state index contributed by atoms with van der Waals surface area (Å²) < 4.78 is 32.2. The van der Waals surface area contributed by atoms with E-state index in [-0.39, 0.29) is 17.3 Å². The molecule has 0 radical (unpaired) electrons. The van der Waals surface area contributed by atoms with Crippen LogP contribution >= 0.6 is 0 Å². The predicted molar refractivity (Wildman–Crippen MR) is 83.3 cm³/mol. The number of hydrogen-bond acceptors (Lipinski definition) is 5. The maximum Gasteiger partial charge on any atom is 0.280 e. The molecule has 8 heteroatoms. The van der Waals surface area contributed by atoms with Gasteiger partial charge in [0.25, 0.3) is 12.3 Å². The van der Waals surface area contributed by atoms with Gasteiger partial charge in [0.2, 0.25) is 0 Å². The normalized spacial score (nSPS) is 15.5. The number of rotatable bonds is 5. The average Bonchev–Trinajstić information content (AvgIpc) is 3.08. The fourth-order valence-corrected chi connectivity index (χ4v) is 3.09. The van der Waals surface area contributed by atoms with Crippen molar-refractivity contribution in [3.8, 4) is 11.6 Å². The fraction of sp³-hybridized carbons (Fsp3) is 0.294. The van der Waals surface area contributed by atoms with Gasteiger partial charge in [0.05, 0.1) is 5.41 Å². The van der Waals surface area contributed by atoms with Crippen LogP contribution in [0.15, 0.2) is 34.9 Å². The Labute approximate surface area is 141 Å². The molecule has 0 saturated heterocycles. The molecule has 4 rings (SSSR count). The van der Waals surface area contributed by atoms with Crippen LogP contribution in [0.1, 0.15) is 46.7 Å². The molecule has 0 amide bonds. The van der Waals surface area contributed by atoms with Crippen molar-refractivity contribution in [3.63, 3.8) is 0 Å². The van der Waals surface area contributed by atoms with Gasteiger partial charge in [0.15, 0.2) is 11.5 Å². The van der Waals surface area contributed by atoms with Crippen molar-refractivity contribution in [2.24, 2.45) is 7.05 Å². The molecule has 3 aromatic rings. The molecule has 25 heavy (non-hydrogen) atoms. The molecule has 0 N–H and O–H groups in total. The quantitative estimate of drug-likeness (QED) is 0.664. The standard InChI is InChI=1S/C17H14F2N4O2/c1-23-13(14(18)19)8-12(21-23)15-20-16(22-25-15)17(6-7-17)11-5-3-2-4-10(11)9-24/h2-5,8-9,14H,6-7H2,1H3. The summed E-state index contributed by atoms with van der Waals surface area (Å²) in [6.45, 7) is 0. The van der Waals surface area contributed by atoms with Crippen LogP contribution in [-0.4, -0.2) is 26.2 Å². The minimum atomic E-state index is -2.64. The molecule has 1 aliphatic rings. The summed E-state index contributed by atoms with van der Waals surface area (Å²) in [4.78, 5) is 15.7. The Bertz CT molecular complexity index is 944. The van der Waals surface area contributed by atoms with Crippen LogP contribution in [0.3, 0.4) is 0 Å². The molecule has 2 heterocycles. The lowest BCUT2D eigenvalue weighted by atomic mass is 9.91. The van der Waals surface area contributed by atoms with Crippen molar-refractivity contribution in [1.29, 1.82) is 0 Å². The zero-order valence-electron chi connectivity index (χ0n) is 13.3. The SMILES string of the molecule is Cn1nc(-c2nc(C3(c4ccccc4C=O)CC3)no2)cc1C(F)F. The smallest absolute Gasteiger partial charge is 0.280 e. The Balaban J connectivity index is 1.72. The van der Waals surface area contributed by atoms with Gasteiger partial charge in [-0.05, 0) is 24.5 Å². The molecule has 1 aromatic carbocycles. The Hall–Kier alpha value is -2.90. The summed E-state index contributed by atoms with van der Waals surface area (Å²) in [7, 11) is 1.44. The molecule has 1 saturated carbocycles. The number of carbonyl (C=O) groups excluding carboxylic acids is 1. The van der Waals surface area contributed by atoms with Gasteiger partial charge in [0, 0.05) is 12.6 Å². The van der Waals surface area contributed by atoms with Crippen molar-refractivity contribution in [2.75, 3.05) is 0 Å². The zero-order chi connectivity index (χ0) is 17.6. The molecule has 1 aliphatic carbocycles. The van der Waals surface area contributed by atoms with E-state index in [4.69, 9.17) is 4.52 Å². The molecule has 0 bridgehead atoms. The van der Waals surface area contributed by atoms with Crippen LogP contribution in [0.4, 0.5) is 8.78 Å². The third kappa shape index (κ3) is 2.45. The molecule has 1 fully saturated rings. The van der Waals surface area contributed by atoms with Crippen LogP contribution < -0.4 is 0 Å². The van der Waals surface area contributed by atoms with Crippen molar-refractivity contribution < 1.29 is 18.1 Å². The molecule has 0 unspecified atom stereocenters. The first-order chi connectivity index (χ1) is 12.0. The first-order valence-electron chi connectivity index (χ1n) is 7.76. The van der Waals surface area contributed by atoms with Gasteiger partial charge in [-0.15, -0.1) is 0 Å². The number of hydrogen-bond donors (Lipinski definition) is 0. The number of aromatic nitrogens is 4. The number of nitrogens with zero attached hydrogens (tertiary/aromatic N) is 4. The maximum atomic E-state index is 12.9. The van der Waals surface area contributed by atoms with Crippen LogP contribution in [-0.2, 0) is 12.5 Å². The molecule has 6 nitrogen and oxygen atoms in total. The van der Waals surface area contributed by atoms with E-state index in [0.29, 0.717) is 11.4 Å². The molecule has 0 atom stereocenters. The second-order valence-electron chi connectivity index (χ2n) is 6.09. The summed E-state index contributed by atoms with van der Waals surface area (Å²) in [5, 5.41) is 8.03. The van der Waals surface area contributed by atoms with Crippen LogP contribution in [0.5, 0.6) is 0 Å². The second kappa shape index (κ2) is 5.58. The first-order valence-corrected chi connectivity index (χ1v) is 7.76. The molecule has 128 valence electrons. The minimum Gasteiger partial charge on any atom is -0.332 e. The van der Waals surface area contributed by atoms with Crippen molar-refractivity contribution in [3.05, 3.63) is 53.0 Å². The van der Waals surface area contributed by atoms with Gasteiger partial charge in [-0.1, -0.05) is 29.4 Å². The van der Waals surface area contributed by atoms with E-state index in [2.05, 4.69) is 15.2 Å². The van der Waals surface area contributed by atoms with Gasteiger partial charge in [-0.25, -0.2) is 8.78 Å². The number of aryl methyl sites for hydroxylation is 1. The largest absolute Gasteiger partial charge is 0.332 e. The number of alkyl halides is 2. The first kappa shape index (κ1) is 15.6. The zero-order valence-corrected chi connectivity index (χ0v) is 13.3. The van der Waals surface area contributed by atoms with E-state index in [1.165, 1.54) is 13.1 Å². The molecule has 0 aliphatic heterocycles.